The minimum absolute atomic E-state index is 0.447. The van der Waals surface area contributed by atoms with Crippen LogP contribution in [0.1, 0.15) is 52.3 Å². The fourth-order valence-electron chi connectivity index (χ4n) is 2.87. The van der Waals surface area contributed by atoms with Crippen molar-refractivity contribution < 1.29 is 0 Å². The Bertz CT molecular complexity index is 354. The second-order valence-electron chi connectivity index (χ2n) is 5.85. The first kappa shape index (κ1) is 12.6. The number of rotatable bonds is 5. The molecule has 1 aromatic heterocycles. The van der Waals surface area contributed by atoms with Crippen molar-refractivity contribution in [3.8, 4) is 0 Å². The van der Waals surface area contributed by atoms with Crippen LogP contribution in [-0.4, -0.2) is 15.6 Å². The van der Waals surface area contributed by atoms with E-state index >= 15 is 0 Å². The number of hydrogen-bond acceptors (Lipinski definition) is 2. The van der Waals surface area contributed by atoms with Crippen LogP contribution in [0.3, 0.4) is 0 Å². The second kappa shape index (κ2) is 5.21. The van der Waals surface area contributed by atoms with E-state index in [4.69, 9.17) is 0 Å². The van der Waals surface area contributed by atoms with Crippen LogP contribution in [0, 0.1) is 5.41 Å². The highest BCUT2D eigenvalue weighted by molar-refractivity contribution is 4.95. The summed E-state index contributed by atoms with van der Waals surface area (Å²) in [4.78, 5) is 4.44. The highest BCUT2D eigenvalue weighted by Crippen LogP contribution is 2.37. The third-order valence-corrected chi connectivity index (χ3v) is 4.03. The van der Waals surface area contributed by atoms with Gasteiger partial charge in [0.25, 0.3) is 0 Å². The SMILES string of the molecule is CCCn1ccnc1CNC1CCCC1(C)C. The minimum Gasteiger partial charge on any atom is -0.334 e. The molecular weight excluding hydrogens is 210 g/mol. The van der Waals surface area contributed by atoms with Gasteiger partial charge in [0.15, 0.2) is 0 Å². The Morgan fingerprint density at radius 1 is 1.53 bits per heavy atom. The summed E-state index contributed by atoms with van der Waals surface area (Å²) in [6.45, 7) is 8.93. The molecule has 1 aromatic rings. The van der Waals surface area contributed by atoms with Crippen molar-refractivity contribution >= 4 is 0 Å². The monoisotopic (exact) mass is 235 g/mol. The maximum absolute atomic E-state index is 4.44. The summed E-state index contributed by atoms with van der Waals surface area (Å²) >= 11 is 0. The normalized spacial score (nSPS) is 23.1. The molecule has 0 aliphatic heterocycles. The smallest absolute Gasteiger partial charge is 0.122 e. The molecule has 1 heterocycles. The second-order valence-corrected chi connectivity index (χ2v) is 5.85. The van der Waals surface area contributed by atoms with Crippen LogP contribution in [0.4, 0.5) is 0 Å². The van der Waals surface area contributed by atoms with E-state index in [9.17, 15) is 0 Å². The average Bonchev–Trinajstić information content (AvgIpc) is 2.83. The maximum atomic E-state index is 4.44. The van der Waals surface area contributed by atoms with Gasteiger partial charge >= 0.3 is 0 Å². The Morgan fingerprint density at radius 2 is 2.35 bits per heavy atom. The molecule has 1 atom stereocenters. The summed E-state index contributed by atoms with van der Waals surface area (Å²) in [5, 5.41) is 3.69. The van der Waals surface area contributed by atoms with E-state index in [1.807, 2.05) is 6.20 Å². The highest BCUT2D eigenvalue weighted by atomic mass is 15.1. The van der Waals surface area contributed by atoms with Crippen molar-refractivity contribution in [1.29, 1.82) is 0 Å². The van der Waals surface area contributed by atoms with Crippen molar-refractivity contribution in [3.63, 3.8) is 0 Å². The summed E-state index contributed by atoms with van der Waals surface area (Å²) in [5.74, 6) is 1.18. The molecule has 3 nitrogen and oxygen atoms in total. The molecule has 3 heteroatoms. The minimum atomic E-state index is 0.447. The summed E-state index contributed by atoms with van der Waals surface area (Å²) in [6, 6.07) is 0.647. The van der Waals surface area contributed by atoms with Gasteiger partial charge in [-0.1, -0.05) is 27.2 Å². The van der Waals surface area contributed by atoms with Crippen molar-refractivity contribution in [2.75, 3.05) is 0 Å². The number of aryl methyl sites for hydroxylation is 1. The third-order valence-electron chi connectivity index (χ3n) is 4.03. The van der Waals surface area contributed by atoms with Crippen LogP contribution < -0.4 is 5.32 Å². The van der Waals surface area contributed by atoms with E-state index in [1.165, 1.54) is 25.1 Å². The summed E-state index contributed by atoms with van der Waals surface area (Å²) in [5.41, 5.74) is 0.447. The molecule has 1 N–H and O–H groups in total. The first-order valence-corrected chi connectivity index (χ1v) is 6.87. The topological polar surface area (TPSA) is 29.9 Å². The van der Waals surface area contributed by atoms with Crippen LogP contribution in [0.15, 0.2) is 12.4 Å². The molecule has 1 saturated carbocycles. The van der Waals surface area contributed by atoms with E-state index in [1.54, 1.807) is 0 Å². The summed E-state index contributed by atoms with van der Waals surface area (Å²) in [6.07, 6.45) is 9.16. The fraction of sp³-hybridized carbons (Fsp3) is 0.786. The largest absolute Gasteiger partial charge is 0.334 e. The number of imidazole rings is 1. The first-order valence-electron chi connectivity index (χ1n) is 6.87. The molecule has 0 aromatic carbocycles. The third kappa shape index (κ3) is 2.89. The van der Waals surface area contributed by atoms with Crippen LogP contribution in [0.2, 0.25) is 0 Å². The Balaban J connectivity index is 1.91. The molecule has 1 fully saturated rings. The molecule has 0 spiro atoms. The molecule has 0 amide bonds. The molecule has 96 valence electrons. The maximum Gasteiger partial charge on any atom is 0.122 e. The van der Waals surface area contributed by atoms with Crippen molar-refractivity contribution in [1.82, 2.24) is 14.9 Å². The Hall–Kier alpha value is -0.830. The molecule has 17 heavy (non-hydrogen) atoms. The van der Waals surface area contributed by atoms with Gasteiger partial charge in [-0.15, -0.1) is 0 Å². The predicted molar refractivity (Wildman–Crippen MR) is 70.8 cm³/mol. The van der Waals surface area contributed by atoms with Crippen molar-refractivity contribution in [2.24, 2.45) is 5.41 Å². The zero-order valence-corrected chi connectivity index (χ0v) is 11.4. The van der Waals surface area contributed by atoms with Gasteiger partial charge in [0, 0.05) is 25.0 Å². The van der Waals surface area contributed by atoms with Gasteiger partial charge in [-0.3, -0.25) is 0 Å². The van der Waals surface area contributed by atoms with Crippen LogP contribution >= 0.6 is 0 Å². The molecule has 0 saturated heterocycles. The van der Waals surface area contributed by atoms with Gasteiger partial charge in [0.1, 0.15) is 5.82 Å². The number of nitrogens with zero attached hydrogens (tertiary/aromatic N) is 2. The van der Waals surface area contributed by atoms with Gasteiger partial charge in [-0.25, -0.2) is 4.98 Å². The Kier molecular flexibility index (Phi) is 3.87. The van der Waals surface area contributed by atoms with Crippen molar-refractivity contribution in [2.45, 2.75) is 65.6 Å². The van der Waals surface area contributed by atoms with Gasteiger partial charge in [-0.2, -0.15) is 0 Å². The highest BCUT2D eigenvalue weighted by Gasteiger charge is 2.33. The molecule has 0 radical (unpaired) electrons. The quantitative estimate of drug-likeness (QED) is 0.850. The fourth-order valence-corrected chi connectivity index (χ4v) is 2.87. The van der Waals surface area contributed by atoms with E-state index in [-0.39, 0.29) is 0 Å². The van der Waals surface area contributed by atoms with Gasteiger partial charge in [0.05, 0.1) is 6.54 Å². The van der Waals surface area contributed by atoms with Gasteiger partial charge < -0.3 is 9.88 Å². The van der Waals surface area contributed by atoms with E-state index in [2.05, 4.69) is 41.8 Å². The molecule has 0 bridgehead atoms. The number of aromatic nitrogens is 2. The lowest BCUT2D eigenvalue weighted by Gasteiger charge is -2.27. The van der Waals surface area contributed by atoms with Crippen LogP contribution in [0.5, 0.6) is 0 Å². The predicted octanol–water partition coefficient (Wildman–Crippen LogP) is 2.96. The van der Waals surface area contributed by atoms with Gasteiger partial charge in [-0.05, 0) is 24.7 Å². The van der Waals surface area contributed by atoms with Crippen LogP contribution in [-0.2, 0) is 13.1 Å². The lowest BCUT2D eigenvalue weighted by Crippen LogP contribution is -2.37. The molecule has 1 unspecified atom stereocenters. The average molecular weight is 235 g/mol. The summed E-state index contributed by atoms with van der Waals surface area (Å²) < 4.78 is 2.26. The number of hydrogen-bond donors (Lipinski definition) is 1. The number of nitrogens with one attached hydrogen (secondary N) is 1. The lowest BCUT2D eigenvalue weighted by molar-refractivity contribution is 0.279. The van der Waals surface area contributed by atoms with Crippen molar-refractivity contribution in [3.05, 3.63) is 18.2 Å². The molecular formula is C14H25N3. The molecule has 2 rings (SSSR count). The van der Waals surface area contributed by atoms with E-state index in [0.717, 1.165) is 19.5 Å². The Morgan fingerprint density at radius 3 is 3.00 bits per heavy atom. The zero-order chi connectivity index (χ0) is 12.3. The Labute approximate surface area is 105 Å². The molecule has 1 aliphatic rings. The zero-order valence-electron chi connectivity index (χ0n) is 11.4. The van der Waals surface area contributed by atoms with Gasteiger partial charge in [0.2, 0.25) is 0 Å². The van der Waals surface area contributed by atoms with E-state index < -0.39 is 0 Å². The first-order chi connectivity index (χ1) is 8.13. The summed E-state index contributed by atoms with van der Waals surface area (Å²) in [7, 11) is 0. The standard InChI is InChI=1S/C14H25N3/c1-4-9-17-10-8-15-13(17)11-16-12-6-5-7-14(12,2)3/h8,10,12,16H,4-7,9,11H2,1-3H3. The molecule has 1 aliphatic carbocycles. The lowest BCUT2D eigenvalue weighted by atomic mass is 9.87. The van der Waals surface area contributed by atoms with Crippen LogP contribution in [0.25, 0.3) is 0 Å². The van der Waals surface area contributed by atoms with E-state index in [0.29, 0.717) is 11.5 Å².